The van der Waals surface area contributed by atoms with Crippen LogP contribution in [0.4, 0.5) is 5.69 Å². The van der Waals surface area contributed by atoms with Crippen LogP contribution in [-0.4, -0.2) is 26.2 Å². The van der Waals surface area contributed by atoms with Gasteiger partial charge in [-0.15, -0.1) is 0 Å². The maximum atomic E-state index is 11.9. The number of anilines is 1. The van der Waals surface area contributed by atoms with Gasteiger partial charge < -0.3 is 10.8 Å². The molecule has 0 aromatic heterocycles. The standard InChI is InChI=1S/C9H13ClN2O3S/c1-6(5-13)12-16(14,15)9-7(10)3-2-4-8(9)11/h2-4,6,12-13H,5,11H2,1H3/t6-/m1/s1. The lowest BCUT2D eigenvalue weighted by atomic mass is 10.3. The molecular weight excluding hydrogens is 252 g/mol. The zero-order chi connectivity index (χ0) is 12.3. The van der Waals surface area contributed by atoms with E-state index in [9.17, 15) is 8.42 Å². The summed E-state index contributed by atoms with van der Waals surface area (Å²) in [4.78, 5) is -0.156. The van der Waals surface area contributed by atoms with Crippen LogP contribution in [0, 0.1) is 0 Å². The summed E-state index contributed by atoms with van der Waals surface area (Å²) in [6, 6.07) is 3.85. The molecule has 0 bridgehead atoms. The molecule has 4 N–H and O–H groups in total. The van der Waals surface area contributed by atoms with Crippen LogP contribution in [0.3, 0.4) is 0 Å². The van der Waals surface area contributed by atoms with Crippen LogP contribution < -0.4 is 10.5 Å². The minimum absolute atomic E-state index is 0.0534. The van der Waals surface area contributed by atoms with Crippen LogP contribution in [0.5, 0.6) is 0 Å². The highest BCUT2D eigenvalue weighted by Crippen LogP contribution is 2.26. The van der Waals surface area contributed by atoms with Crippen molar-refractivity contribution in [2.24, 2.45) is 0 Å². The molecule has 0 radical (unpaired) electrons. The number of nitrogens with one attached hydrogen (secondary N) is 1. The van der Waals surface area contributed by atoms with Gasteiger partial charge in [-0.3, -0.25) is 0 Å². The number of aliphatic hydroxyl groups is 1. The van der Waals surface area contributed by atoms with Crippen LogP contribution >= 0.6 is 11.6 Å². The smallest absolute Gasteiger partial charge is 0.244 e. The Morgan fingerprint density at radius 2 is 2.19 bits per heavy atom. The summed E-state index contributed by atoms with van der Waals surface area (Å²) in [5, 5.41) is 8.85. The summed E-state index contributed by atoms with van der Waals surface area (Å²) in [5.41, 5.74) is 5.63. The molecule has 0 amide bonds. The number of sulfonamides is 1. The molecule has 0 fully saturated rings. The Labute approximate surface area is 99.3 Å². The zero-order valence-electron chi connectivity index (χ0n) is 8.64. The van der Waals surface area contributed by atoms with E-state index in [-0.39, 0.29) is 22.2 Å². The molecular formula is C9H13ClN2O3S. The monoisotopic (exact) mass is 264 g/mol. The van der Waals surface area contributed by atoms with Gasteiger partial charge in [-0.2, -0.15) is 0 Å². The average Bonchev–Trinajstić information content (AvgIpc) is 2.16. The maximum absolute atomic E-state index is 11.9. The summed E-state index contributed by atoms with van der Waals surface area (Å²) in [5.74, 6) is 0. The highest BCUT2D eigenvalue weighted by molar-refractivity contribution is 7.89. The van der Waals surface area contributed by atoms with Gasteiger partial charge in [0.1, 0.15) is 4.90 Å². The maximum Gasteiger partial charge on any atom is 0.244 e. The topological polar surface area (TPSA) is 92.4 Å². The average molecular weight is 265 g/mol. The second-order valence-corrected chi connectivity index (χ2v) is 5.42. The summed E-state index contributed by atoms with van der Waals surface area (Å²) < 4.78 is 26.0. The molecule has 0 aliphatic rings. The lowest BCUT2D eigenvalue weighted by Crippen LogP contribution is -2.35. The van der Waals surface area contributed by atoms with Crippen LogP contribution in [0.2, 0.25) is 5.02 Å². The van der Waals surface area contributed by atoms with Crippen molar-refractivity contribution in [1.82, 2.24) is 4.72 Å². The Balaban J connectivity index is 3.17. The van der Waals surface area contributed by atoms with Gasteiger partial charge in [-0.25, -0.2) is 13.1 Å². The third-order valence-electron chi connectivity index (χ3n) is 1.90. The van der Waals surface area contributed by atoms with Crippen molar-refractivity contribution in [2.75, 3.05) is 12.3 Å². The summed E-state index contributed by atoms with van der Waals surface area (Å²) in [7, 11) is -3.80. The molecule has 0 spiro atoms. The third-order valence-corrected chi connectivity index (χ3v) is 4.03. The van der Waals surface area contributed by atoms with E-state index in [0.29, 0.717) is 0 Å². The molecule has 1 atom stereocenters. The number of hydrogen-bond acceptors (Lipinski definition) is 4. The van der Waals surface area contributed by atoms with E-state index in [4.69, 9.17) is 22.4 Å². The molecule has 0 unspecified atom stereocenters. The largest absolute Gasteiger partial charge is 0.398 e. The molecule has 0 saturated heterocycles. The number of hydrogen-bond donors (Lipinski definition) is 3. The van der Waals surface area contributed by atoms with Gasteiger partial charge in [0.2, 0.25) is 10.0 Å². The van der Waals surface area contributed by atoms with Crippen molar-refractivity contribution in [3.63, 3.8) is 0 Å². The van der Waals surface area contributed by atoms with Crippen LogP contribution in [-0.2, 0) is 10.0 Å². The number of nitrogens with two attached hydrogens (primary N) is 1. The van der Waals surface area contributed by atoms with Gasteiger partial charge in [0.25, 0.3) is 0 Å². The fraction of sp³-hybridized carbons (Fsp3) is 0.333. The summed E-state index contributed by atoms with van der Waals surface area (Å²) >= 11 is 5.78. The molecule has 0 aliphatic heterocycles. The van der Waals surface area contributed by atoms with Gasteiger partial charge in [-0.1, -0.05) is 17.7 Å². The van der Waals surface area contributed by atoms with Gasteiger partial charge in [0.05, 0.1) is 17.3 Å². The number of nitrogen functional groups attached to an aromatic ring is 1. The Bertz CT molecular complexity index is 455. The fourth-order valence-electron chi connectivity index (χ4n) is 1.17. The molecule has 16 heavy (non-hydrogen) atoms. The quantitative estimate of drug-likeness (QED) is 0.694. The Kier molecular flexibility index (Phi) is 4.15. The molecule has 90 valence electrons. The Morgan fingerprint density at radius 1 is 1.56 bits per heavy atom. The molecule has 0 heterocycles. The van der Waals surface area contributed by atoms with Crippen LogP contribution in [0.25, 0.3) is 0 Å². The van der Waals surface area contributed by atoms with E-state index in [1.54, 1.807) is 6.07 Å². The second-order valence-electron chi connectivity index (χ2n) is 3.36. The number of rotatable bonds is 4. The first-order valence-electron chi connectivity index (χ1n) is 4.55. The van der Waals surface area contributed by atoms with E-state index in [0.717, 1.165) is 0 Å². The molecule has 7 heteroatoms. The second kappa shape index (κ2) is 5.01. The molecule has 1 aromatic carbocycles. The zero-order valence-corrected chi connectivity index (χ0v) is 10.2. The van der Waals surface area contributed by atoms with E-state index >= 15 is 0 Å². The van der Waals surface area contributed by atoms with Crippen LogP contribution in [0.15, 0.2) is 23.1 Å². The number of halogens is 1. The highest BCUT2D eigenvalue weighted by atomic mass is 35.5. The van der Waals surface area contributed by atoms with Crippen molar-refractivity contribution < 1.29 is 13.5 Å². The SMILES string of the molecule is C[C@H](CO)NS(=O)(=O)c1c(N)cccc1Cl. The molecule has 0 saturated carbocycles. The van der Waals surface area contributed by atoms with E-state index in [1.165, 1.54) is 19.1 Å². The molecule has 0 aliphatic carbocycles. The summed E-state index contributed by atoms with van der Waals surface area (Å²) in [6.45, 7) is 1.23. The van der Waals surface area contributed by atoms with E-state index < -0.39 is 16.1 Å². The van der Waals surface area contributed by atoms with E-state index in [2.05, 4.69) is 4.72 Å². The van der Waals surface area contributed by atoms with Gasteiger partial charge >= 0.3 is 0 Å². The fourth-order valence-corrected chi connectivity index (χ4v) is 3.08. The van der Waals surface area contributed by atoms with E-state index in [1.807, 2.05) is 0 Å². The van der Waals surface area contributed by atoms with Crippen molar-refractivity contribution in [3.8, 4) is 0 Å². The molecule has 1 aromatic rings. The minimum Gasteiger partial charge on any atom is -0.398 e. The first kappa shape index (κ1) is 13.2. The number of benzene rings is 1. The molecule has 1 rings (SSSR count). The van der Waals surface area contributed by atoms with Crippen molar-refractivity contribution in [3.05, 3.63) is 23.2 Å². The van der Waals surface area contributed by atoms with Crippen molar-refractivity contribution >= 4 is 27.3 Å². The van der Waals surface area contributed by atoms with Crippen molar-refractivity contribution in [1.29, 1.82) is 0 Å². The summed E-state index contributed by atoms with van der Waals surface area (Å²) in [6.07, 6.45) is 0. The predicted molar refractivity (Wildman–Crippen MR) is 62.7 cm³/mol. The Hall–Kier alpha value is -0.820. The first-order chi connectivity index (χ1) is 7.38. The third kappa shape index (κ3) is 2.85. The minimum atomic E-state index is -3.80. The van der Waals surface area contributed by atoms with Gasteiger partial charge in [-0.05, 0) is 19.1 Å². The highest BCUT2D eigenvalue weighted by Gasteiger charge is 2.22. The van der Waals surface area contributed by atoms with Gasteiger partial charge in [0.15, 0.2) is 0 Å². The lowest BCUT2D eigenvalue weighted by Gasteiger charge is -2.13. The van der Waals surface area contributed by atoms with Gasteiger partial charge in [0, 0.05) is 6.04 Å². The van der Waals surface area contributed by atoms with Crippen molar-refractivity contribution in [2.45, 2.75) is 17.9 Å². The lowest BCUT2D eigenvalue weighted by molar-refractivity contribution is 0.265. The predicted octanol–water partition coefficient (Wildman–Crippen LogP) is 0.581. The molecule has 5 nitrogen and oxygen atoms in total. The normalized spacial score (nSPS) is 13.7. The number of aliphatic hydroxyl groups excluding tert-OH is 1. The van der Waals surface area contributed by atoms with Crippen LogP contribution in [0.1, 0.15) is 6.92 Å². The first-order valence-corrected chi connectivity index (χ1v) is 6.41. The Morgan fingerprint density at radius 3 is 2.69 bits per heavy atom.